The summed E-state index contributed by atoms with van der Waals surface area (Å²) < 4.78 is 0. The molecule has 0 aromatic heterocycles. The second kappa shape index (κ2) is 5.66. The van der Waals surface area contributed by atoms with Crippen LogP contribution in [0.4, 0.5) is 4.79 Å². The van der Waals surface area contributed by atoms with Crippen molar-refractivity contribution in [1.29, 1.82) is 0 Å². The van der Waals surface area contributed by atoms with Gasteiger partial charge in [-0.3, -0.25) is 10.1 Å². The van der Waals surface area contributed by atoms with Crippen LogP contribution in [0.5, 0.6) is 0 Å². The summed E-state index contributed by atoms with van der Waals surface area (Å²) in [6, 6.07) is 5.71. The Morgan fingerprint density at radius 3 is 2.79 bits per heavy atom. The van der Waals surface area contributed by atoms with Crippen molar-refractivity contribution in [2.45, 2.75) is 11.3 Å². The molecule has 0 radical (unpaired) electrons. The van der Waals surface area contributed by atoms with Crippen molar-refractivity contribution in [2.75, 3.05) is 5.75 Å². The maximum Gasteiger partial charge on any atom is 0.347 e. The van der Waals surface area contributed by atoms with Crippen molar-refractivity contribution in [3.63, 3.8) is 0 Å². The molecule has 1 aromatic rings. The number of nitrogens with one attached hydrogen (secondary N) is 1. The van der Waals surface area contributed by atoms with Gasteiger partial charge in [-0.05, 0) is 6.07 Å². The van der Waals surface area contributed by atoms with Crippen molar-refractivity contribution in [3.8, 4) is 0 Å². The molecule has 1 aliphatic heterocycles. The molecule has 1 aromatic carbocycles. The Labute approximate surface area is 112 Å². The summed E-state index contributed by atoms with van der Waals surface area (Å²) in [4.78, 5) is 37.3. The fraction of sp³-hybridized carbons (Fsp3) is 0.167. The fourth-order valence-electron chi connectivity index (χ4n) is 1.57. The van der Waals surface area contributed by atoms with Gasteiger partial charge < -0.3 is 9.90 Å². The zero-order valence-corrected chi connectivity index (χ0v) is 10.5. The molecular formula is C12H9N2O4S-. The number of carboxylic acids is 1. The molecule has 1 heterocycles. The molecule has 6 nitrogen and oxygen atoms in total. The Kier molecular flexibility index (Phi) is 3.96. The first-order chi connectivity index (χ1) is 9.06. The summed E-state index contributed by atoms with van der Waals surface area (Å²) in [5.41, 5.74) is 0.506. The highest BCUT2D eigenvalue weighted by Gasteiger charge is 2.18. The summed E-state index contributed by atoms with van der Waals surface area (Å²) in [5.74, 6) is -1.38. The molecule has 7 heteroatoms. The van der Waals surface area contributed by atoms with E-state index in [4.69, 9.17) is 0 Å². The van der Waals surface area contributed by atoms with Gasteiger partial charge >= 0.3 is 6.03 Å². The molecule has 0 atom stereocenters. The molecule has 0 saturated carbocycles. The fourth-order valence-corrected chi connectivity index (χ4v) is 2.54. The third-order valence-corrected chi connectivity index (χ3v) is 3.52. The quantitative estimate of drug-likeness (QED) is 0.794. The average molecular weight is 277 g/mol. The van der Waals surface area contributed by atoms with E-state index in [0.717, 1.165) is 0 Å². The number of thioether (sulfide) groups is 1. The van der Waals surface area contributed by atoms with Crippen molar-refractivity contribution in [3.05, 3.63) is 29.8 Å². The largest absolute Gasteiger partial charge is 0.545 e. The normalized spacial score (nSPS) is 14.8. The molecule has 19 heavy (non-hydrogen) atoms. The van der Waals surface area contributed by atoms with Crippen LogP contribution in [0, 0.1) is 0 Å². The highest BCUT2D eigenvalue weighted by atomic mass is 32.2. The molecule has 0 fully saturated rings. The number of amides is 3. The van der Waals surface area contributed by atoms with E-state index < -0.39 is 17.9 Å². The summed E-state index contributed by atoms with van der Waals surface area (Å²) in [7, 11) is 0. The number of carboxylic acid groups (broad SMARTS) is 1. The first-order valence-electron chi connectivity index (χ1n) is 5.39. The summed E-state index contributed by atoms with van der Waals surface area (Å²) in [6.45, 7) is 0. The Balaban J connectivity index is 2.09. The first-order valence-corrected chi connectivity index (χ1v) is 6.38. The minimum atomic E-state index is -1.26. The average Bonchev–Trinajstić information content (AvgIpc) is 2.35. The molecule has 0 aliphatic carbocycles. The van der Waals surface area contributed by atoms with Crippen molar-refractivity contribution in [2.24, 2.45) is 4.99 Å². The van der Waals surface area contributed by atoms with Crippen LogP contribution in [0.2, 0.25) is 0 Å². The lowest BCUT2D eigenvalue weighted by molar-refractivity contribution is -0.255. The number of benzene rings is 1. The zero-order chi connectivity index (χ0) is 13.8. The molecular weight excluding hydrogens is 268 g/mol. The molecule has 0 saturated heterocycles. The van der Waals surface area contributed by atoms with Crippen LogP contribution in [0.3, 0.4) is 0 Å². The minimum absolute atomic E-state index is 0.0478. The number of imide groups is 1. The van der Waals surface area contributed by atoms with Crippen LogP contribution in [0.15, 0.2) is 34.2 Å². The van der Waals surface area contributed by atoms with Crippen molar-refractivity contribution < 1.29 is 19.5 Å². The number of carbonyl (C=O) groups is 3. The lowest BCUT2D eigenvalue weighted by Crippen LogP contribution is -2.35. The molecule has 0 bridgehead atoms. The number of aliphatic imine (C=N–C) groups is 1. The zero-order valence-electron chi connectivity index (χ0n) is 9.71. The number of rotatable bonds is 4. The summed E-state index contributed by atoms with van der Waals surface area (Å²) in [5, 5.41) is 13.0. The summed E-state index contributed by atoms with van der Waals surface area (Å²) in [6.07, 6.45) is 0.0478. The Bertz CT molecular complexity index is 583. The van der Waals surface area contributed by atoms with E-state index in [9.17, 15) is 19.5 Å². The van der Waals surface area contributed by atoms with Gasteiger partial charge in [0.15, 0.2) is 0 Å². The smallest absolute Gasteiger partial charge is 0.347 e. The maximum atomic E-state index is 11.1. The Hall–Kier alpha value is -2.15. The number of nitrogens with zero attached hydrogens (tertiary/aromatic N) is 1. The van der Waals surface area contributed by atoms with Crippen LogP contribution >= 0.6 is 11.8 Å². The van der Waals surface area contributed by atoms with Crippen molar-refractivity contribution >= 4 is 35.4 Å². The van der Waals surface area contributed by atoms with Gasteiger partial charge in [-0.1, -0.05) is 18.2 Å². The topological polar surface area (TPSA) is 98.7 Å². The standard InChI is InChI=1S/C12H10N2O4S/c15-10-5-7(13-12(18)14-10)6-19-9-4-2-1-3-8(9)11(16)17/h1-4H,5-6H2,(H,16,17)(H,14,15,18)/p-1. The van der Waals surface area contributed by atoms with E-state index >= 15 is 0 Å². The van der Waals surface area contributed by atoms with E-state index in [0.29, 0.717) is 10.6 Å². The second-order valence-electron chi connectivity index (χ2n) is 3.78. The number of aromatic carboxylic acids is 1. The molecule has 1 N–H and O–H groups in total. The van der Waals surface area contributed by atoms with Gasteiger partial charge in [-0.25, -0.2) is 9.79 Å². The van der Waals surface area contributed by atoms with Crippen molar-refractivity contribution in [1.82, 2.24) is 5.32 Å². The van der Waals surface area contributed by atoms with Gasteiger partial charge in [0.05, 0.1) is 12.4 Å². The van der Waals surface area contributed by atoms with E-state index in [-0.39, 0.29) is 17.7 Å². The Morgan fingerprint density at radius 1 is 1.37 bits per heavy atom. The number of carbonyl (C=O) groups excluding carboxylic acids is 3. The van der Waals surface area contributed by atoms with Gasteiger partial charge in [0.25, 0.3) is 0 Å². The molecule has 0 spiro atoms. The highest BCUT2D eigenvalue weighted by Crippen LogP contribution is 2.23. The van der Waals surface area contributed by atoms with Crippen LogP contribution < -0.4 is 10.4 Å². The van der Waals surface area contributed by atoms with Gasteiger partial charge in [-0.2, -0.15) is 0 Å². The van der Waals surface area contributed by atoms with Crippen LogP contribution in [-0.2, 0) is 4.79 Å². The van der Waals surface area contributed by atoms with Gasteiger partial charge in [0.1, 0.15) is 0 Å². The number of hydrogen-bond acceptors (Lipinski definition) is 5. The monoisotopic (exact) mass is 277 g/mol. The molecule has 3 amide bonds. The maximum absolute atomic E-state index is 11.1. The molecule has 1 aliphatic rings. The molecule has 2 rings (SSSR count). The predicted molar refractivity (Wildman–Crippen MR) is 67.1 cm³/mol. The van der Waals surface area contributed by atoms with Crippen LogP contribution in [0.1, 0.15) is 16.8 Å². The molecule has 0 unspecified atom stereocenters. The lowest BCUT2D eigenvalue weighted by atomic mass is 10.2. The van der Waals surface area contributed by atoms with E-state index in [1.807, 2.05) is 0 Å². The first kappa shape index (κ1) is 13.3. The van der Waals surface area contributed by atoms with E-state index in [1.165, 1.54) is 17.8 Å². The second-order valence-corrected chi connectivity index (χ2v) is 4.80. The lowest BCUT2D eigenvalue weighted by Gasteiger charge is -2.13. The molecule has 98 valence electrons. The van der Waals surface area contributed by atoms with E-state index in [2.05, 4.69) is 10.3 Å². The van der Waals surface area contributed by atoms with Crippen LogP contribution in [-0.4, -0.2) is 29.4 Å². The van der Waals surface area contributed by atoms with Gasteiger partial charge in [0.2, 0.25) is 5.91 Å². The highest BCUT2D eigenvalue weighted by molar-refractivity contribution is 8.00. The third kappa shape index (κ3) is 3.41. The number of urea groups is 1. The summed E-state index contributed by atoms with van der Waals surface area (Å²) >= 11 is 1.20. The van der Waals surface area contributed by atoms with Gasteiger partial charge in [-0.15, -0.1) is 11.8 Å². The predicted octanol–water partition coefficient (Wildman–Crippen LogP) is 0.223. The number of hydrogen-bond donors (Lipinski definition) is 1. The van der Waals surface area contributed by atoms with E-state index in [1.54, 1.807) is 18.2 Å². The SMILES string of the molecule is O=C1CC(CSc2ccccc2C(=O)[O-])=NC(=O)N1. The van der Waals surface area contributed by atoms with Gasteiger partial charge in [0, 0.05) is 21.9 Å². The van der Waals surface area contributed by atoms with Crippen LogP contribution in [0.25, 0.3) is 0 Å². The third-order valence-electron chi connectivity index (χ3n) is 2.37. The minimum Gasteiger partial charge on any atom is -0.545 e. The Morgan fingerprint density at radius 2 is 2.11 bits per heavy atom.